The van der Waals surface area contributed by atoms with Crippen LogP contribution in [0.2, 0.25) is 0 Å². The van der Waals surface area contributed by atoms with Gasteiger partial charge in [0.05, 0.1) is 25.8 Å². The molecule has 176 valence electrons. The van der Waals surface area contributed by atoms with E-state index in [2.05, 4.69) is 98.7 Å². The van der Waals surface area contributed by atoms with Crippen molar-refractivity contribution in [3.63, 3.8) is 0 Å². The molecule has 0 aromatic carbocycles. The van der Waals surface area contributed by atoms with E-state index in [-0.39, 0.29) is 18.3 Å². The normalized spacial score (nSPS) is 16.7. The first kappa shape index (κ1) is 31.9. The molecule has 0 amide bonds. The van der Waals surface area contributed by atoms with Crippen LogP contribution in [-0.2, 0) is 13.6 Å². The Balaban J connectivity index is 4.60. The van der Waals surface area contributed by atoms with Gasteiger partial charge in [-0.05, 0) is 25.7 Å². The van der Waals surface area contributed by atoms with Gasteiger partial charge in [-0.3, -0.25) is 0 Å². The Morgan fingerprint density at radius 3 is 2.00 bits per heavy atom. The molecule has 0 aliphatic rings. The van der Waals surface area contributed by atoms with Gasteiger partial charge in [0.1, 0.15) is 0 Å². The Kier molecular flexibility index (Phi) is 24.7. The summed E-state index contributed by atoms with van der Waals surface area (Å²) in [5, 5.41) is 0. The monoisotopic (exact) mass is 538 g/mol. The summed E-state index contributed by atoms with van der Waals surface area (Å²) in [7, 11) is 10.2. The van der Waals surface area contributed by atoms with Crippen molar-refractivity contribution in [2.45, 2.75) is 64.3 Å². The predicted molar refractivity (Wildman–Crippen MR) is 158 cm³/mol. The van der Waals surface area contributed by atoms with Crippen LogP contribution in [0.4, 0.5) is 0 Å². The van der Waals surface area contributed by atoms with Crippen LogP contribution in [0.5, 0.6) is 0 Å². The third-order valence-corrected chi connectivity index (χ3v) is 6.36. The molecule has 0 aliphatic carbocycles. The Hall–Kier alpha value is 0.900. The quantitative estimate of drug-likeness (QED) is 0.0994. The summed E-state index contributed by atoms with van der Waals surface area (Å²) < 4.78 is 17.1. The standard InChI is InChI=1S/C22H40O3P6/c1-3-5-9-18-22(25-31(28)29)19-13-8-12-17-21(24-30-27)16-11-7-6-10-15-20(23-26)14-4-2/h5-13,15-16,19-22,30H,3-4,14,17-18,26-29H2,1-2H3/b7-6+,9-5-,12-8-,15-10+,16-11+,19-13+. The molecule has 0 fully saturated rings. The first-order valence-electron chi connectivity index (χ1n) is 10.5. The number of hydrogen-bond acceptors (Lipinski definition) is 3. The summed E-state index contributed by atoms with van der Waals surface area (Å²) in [5.41, 5.74) is 0. The van der Waals surface area contributed by atoms with Crippen LogP contribution in [0.1, 0.15) is 46.0 Å². The highest BCUT2D eigenvalue weighted by molar-refractivity contribution is 8.41. The van der Waals surface area contributed by atoms with Crippen molar-refractivity contribution in [1.29, 1.82) is 0 Å². The van der Waals surface area contributed by atoms with E-state index < -0.39 is 7.53 Å². The van der Waals surface area contributed by atoms with Crippen LogP contribution in [-0.4, -0.2) is 18.3 Å². The summed E-state index contributed by atoms with van der Waals surface area (Å²) in [5.74, 6) is 0. The molecule has 3 nitrogen and oxygen atoms in total. The number of rotatable bonds is 18. The first-order chi connectivity index (χ1) is 15.1. The average molecular weight is 538 g/mol. The van der Waals surface area contributed by atoms with E-state index in [0.29, 0.717) is 8.50 Å². The van der Waals surface area contributed by atoms with Crippen molar-refractivity contribution in [3.05, 3.63) is 72.9 Å². The van der Waals surface area contributed by atoms with Gasteiger partial charge in [0.2, 0.25) is 0 Å². The van der Waals surface area contributed by atoms with Crippen LogP contribution in [0.15, 0.2) is 72.9 Å². The highest BCUT2D eigenvalue weighted by atomic mass is 32.4. The number of allylic oxidation sites excluding steroid dienone is 7. The Morgan fingerprint density at radius 2 is 1.42 bits per heavy atom. The first-order valence-corrected chi connectivity index (χ1v) is 18.2. The third-order valence-electron chi connectivity index (χ3n) is 3.92. The van der Waals surface area contributed by atoms with Gasteiger partial charge in [-0.15, -0.1) is 0 Å². The van der Waals surface area contributed by atoms with Crippen molar-refractivity contribution >= 4 is 52.3 Å². The molecule has 0 aromatic rings. The lowest BCUT2D eigenvalue weighted by molar-refractivity contribution is 0.279. The van der Waals surface area contributed by atoms with Gasteiger partial charge in [0.25, 0.3) is 0 Å². The van der Waals surface area contributed by atoms with Gasteiger partial charge in [0, 0.05) is 18.0 Å². The minimum absolute atomic E-state index is 0.0591. The molecule has 8 unspecified atom stereocenters. The van der Waals surface area contributed by atoms with Crippen molar-refractivity contribution in [2.24, 2.45) is 0 Å². The topological polar surface area (TPSA) is 27.7 Å². The third kappa shape index (κ3) is 21.2. The maximum Gasteiger partial charge on any atom is 0.0844 e. The van der Waals surface area contributed by atoms with Crippen LogP contribution in [0, 0.1) is 0 Å². The van der Waals surface area contributed by atoms with Gasteiger partial charge in [-0.1, -0.05) is 120 Å². The molecular weight excluding hydrogens is 498 g/mol. The van der Waals surface area contributed by atoms with E-state index >= 15 is 0 Å². The van der Waals surface area contributed by atoms with Gasteiger partial charge in [0.15, 0.2) is 0 Å². The van der Waals surface area contributed by atoms with E-state index in [9.17, 15) is 0 Å². The lowest BCUT2D eigenvalue weighted by atomic mass is 10.2. The van der Waals surface area contributed by atoms with Gasteiger partial charge >= 0.3 is 0 Å². The zero-order valence-corrected chi connectivity index (χ0v) is 25.2. The van der Waals surface area contributed by atoms with Crippen LogP contribution in [0.25, 0.3) is 0 Å². The molecular formula is C22H40O3P6. The molecule has 0 aliphatic heterocycles. The highest BCUT2D eigenvalue weighted by Gasteiger charge is 2.05. The molecule has 0 rings (SSSR count). The molecule has 0 N–H and O–H groups in total. The Bertz CT molecular complexity index is 588. The second-order valence-electron chi connectivity index (χ2n) is 6.56. The fourth-order valence-electron chi connectivity index (χ4n) is 2.44. The lowest BCUT2D eigenvalue weighted by Gasteiger charge is -2.14. The van der Waals surface area contributed by atoms with Gasteiger partial charge in [-0.25, -0.2) is 0 Å². The number of hydrogen-bond donors (Lipinski definition) is 0. The smallest absolute Gasteiger partial charge is 0.0844 e. The summed E-state index contributed by atoms with van der Waals surface area (Å²) in [6.07, 6.45) is 30.2. The fourth-order valence-corrected chi connectivity index (χ4v) is 4.95. The molecule has 0 bridgehead atoms. The summed E-state index contributed by atoms with van der Waals surface area (Å²) in [6.45, 7) is 4.30. The average Bonchev–Trinajstić information content (AvgIpc) is 2.74. The van der Waals surface area contributed by atoms with Crippen molar-refractivity contribution < 1.29 is 13.6 Å². The van der Waals surface area contributed by atoms with E-state index in [0.717, 1.165) is 32.1 Å². The van der Waals surface area contributed by atoms with Crippen molar-refractivity contribution in [1.82, 2.24) is 0 Å². The highest BCUT2D eigenvalue weighted by Crippen LogP contribution is 2.54. The summed E-state index contributed by atoms with van der Waals surface area (Å²) >= 11 is 0. The Morgan fingerprint density at radius 1 is 0.806 bits per heavy atom. The molecule has 31 heavy (non-hydrogen) atoms. The molecule has 9 heteroatoms. The van der Waals surface area contributed by atoms with E-state index in [4.69, 9.17) is 13.6 Å². The summed E-state index contributed by atoms with van der Waals surface area (Å²) in [6, 6.07) is 0. The van der Waals surface area contributed by atoms with E-state index in [1.165, 1.54) is 0 Å². The second kappa shape index (κ2) is 24.0. The molecule has 0 saturated heterocycles. The lowest BCUT2D eigenvalue weighted by Crippen LogP contribution is -2.03. The maximum atomic E-state index is 5.94. The fraction of sp³-hybridized carbons (Fsp3) is 0.455. The maximum absolute atomic E-state index is 5.94. The molecule has 0 radical (unpaired) electrons. The van der Waals surface area contributed by atoms with Crippen LogP contribution >= 0.6 is 52.3 Å². The predicted octanol–water partition coefficient (Wildman–Crippen LogP) is 8.62. The largest absolute Gasteiger partial charge is 0.358 e. The Labute approximate surface area is 202 Å². The minimum Gasteiger partial charge on any atom is -0.358 e. The SMILES string of the molecule is CC/C=C\CC(/C=C/C=C\CC(/C=C/C=C/C=C/C(CCC)OP)OPP)OP(P)P. The van der Waals surface area contributed by atoms with E-state index in [1.807, 2.05) is 24.3 Å². The van der Waals surface area contributed by atoms with E-state index in [1.54, 1.807) is 0 Å². The van der Waals surface area contributed by atoms with Crippen molar-refractivity contribution in [2.75, 3.05) is 0 Å². The zero-order chi connectivity index (χ0) is 23.2. The van der Waals surface area contributed by atoms with Gasteiger partial charge < -0.3 is 13.6 Å². The summed E-state index contributed by atoms with van der Waals surface area (Å²) in [4.78, 5) is 0. The molecule has 0 saturated carbocycles. The van der Waals surface area contributed by atoms with Gasteiger partial charge in [-0.2, -0.15) is 0 Å². The zero-order valence-electron chi connectivity index (χ0n) is 18.7. The van der Waals surface area contributed by atoms with Crippen molar-refractivity contribution in [3.8, 4) is 0 Å². The second-order valence-corrected chi connectivity index (χ2v) is 13.8. The molecule has 8 atom stereocenters. The molecule has 0 aromatic heterocycles. The molecule has 0 heterocycles. The molecule has 0 spiro atoms. The van der Waals surface area contributed by atoms with Crippen LogP contribution in [0.3, 0.4) is 0 Å². The minimum atomic E-state index is -0.545. The van der Waals surface area contributed by atoms with Crippen LogP contribution < -0.4 is 0 Å².